The van der Waals surface area contributed by atoms with E-state index in [9.17, 15) is 14.0 Å². The lowest BCUT2D eigenvalue weighted by atomic mass is 10.2. The SMILES string of the molecule is O=C1NC(=NC(=O)c2ccc(Cl)cc2)S/C1=C\c1ccc(OCc2cccc(F)c2)cc1. The summed E-state index contributed by atoms with van der Waals surface area (Å²) in [7, 11) is 0. The van der Waals surface area contributed by atoms with Crippen molar-refractivity contribution in [1.29, 1.82) is 0 Å². The van der Waals surface area contributed by atoms with Crippen LogP contribution in [0.25, 0.3) is 6.08 Å². The van der Waals surface area contributed by atoms with Crippen molar-refractivity contribution in [3.05, 3.63) is 105 Å². The molecule has 1 N–H and O–H groups in total. The second kappa shape index (κ2) is 9.80. The molecule has 32 heavy (non-hydrogen) atoms. The minimum Gasteiger partial charge on any atom is -0.489 e. The van der Waals surface area contributed by atoms with Crippen molar-refractivity contribution < 1.29 is 18.7 Å². The third-order valence-corrected chi connectivity index (χ3v) is 5.58. The highest BCUT2D eigenvalue weighted by Crippen LogP contribution is 2.27. The minimum atomic E-state index is -0.467. The molecule has 3 aromatic carbocycles. The van der Waals surface area contributed by atoms with Gasteiger partial charge in [-0.2, -0.15) is 4.99 Å². The van der Waals surface area contributed by atoms with Crippen LogP contribution in [0.15, 0.2) is 82.7 Å². The Morgan fingerprint density at radius 3 is 2.56 bits per heavy atom. The maximum absolute atomic E-state index is 13.2. The number of rotatable bonds is 5. The summed E-state index contributed by atoms with van der Waals surface area (Å²) in [4.78, 5) is 28.9. The van der Waals surface area contributed by atoms with Gasteiger partial charge in [0, 0.05) is 10.6 Å². The second-order valence-corrected chi connectivity index (χ2v) is 8.25. The predicted molar refractivity (Wildman–Crippen MR) is 124 cm³/mol. The number of nitrogens with one attached hydrogen (secondary N) is 1. The lowest BCUT2D eigenvalue weighted by Crippen LogP contribution is -2.20. The highest BCUT2D eigenvalue weighted by atomic mass is 35.5. The lowest BCUT2D eigenvalue weighted by molar-refractivity contribution is -0.115. The van der Waals surface area contributed by atoms with Gasteiger partial charge in [-0.15, -0.1) is 0 Å². The number of halogens is 2. The van der Waals surface area contributed by atoms with Crippen molar-refractivity contribution in [2.24, 2.45) is 4.99 Å². The Bertz CT molecular complexity index is 1220. The van der Waals surface area contributed by atoms with Crippen molar-refractivity contribution in [1.82, 2.24) is 5.32 Å². The maximum Gasteiger partial charge on any atom is 0.279 e. The van der Waals surface area contributed by atoms with Crippen molar-refractivity contribution in [3.8, 4) is 5.75 Å². The average molecular weight is 467 g/mol. The van der Waals surface area contributed by atoms with Crippen LogP contribution in [0.1, 0.15) is 21.5 Å². The van der Waals surface area contributed by atoms with Crippen molar-refractivity contribution in [2.75, 3.05) is 0 Å². The topological polar surface area (TPSA) is 67.8 Å². The van der Waals surface area contributed by atoms with Crippen molar-refractivity contribution in [2.45, 2.75) is 6.61 Å². The van der Waals surface area contributed by atoms with Gasteiger partial charge in [0.25, 0.3) is 11.8 Å². The highest BCUT2D eigenvalue weighted by molar-refractivity contribution is 8.18. The number of carbonyl (C=O) groups is 2. The average Bonchev–Trinajstić information content (AvgIpc) is 3.12. The summed E-state index contributed by atoms with van der Waals surface area (Å²) in [6.07, 6.45) is 1.70. The molecular formula is C24H16ClFN2O3S. The Morgan fingerprint density at radius 2 is 1.84 bits per heavy atom. The van der Waals surface area contributed by atoms with Crippen LogP contribution in [-0.2, 0) is 11.4 Å². The fourth-order valence-electron chi connectivity index (χ4n) is 2.83. The molecule has 0 aromatic heterocycles. The number of ether oxygens (including phenoxy) is 1. The van der Waals surface area contributed by atoms with Crippen molar-refractivity contribution >= 4 is 46.4 Å². The number of aliphatic imine (C=N–C) groups is 1. The third-order valence-electron chi connectivity index (χ3n) is 4.42. The summed E-state index contributed by atoms with van der Waals surface area (Å²) in [5.74, 6) is -0.483. The molecule has 3 aromatic rings. The van der Waals surface area contributed by atoms with E-state index in [0.29, 0.717) is 21.2 Å². The summed E-state index contributed by atoms with van der Waals surface area (Å²) >= 11 is 6.92. The molecule has 1 heterocycles. The van der Waals surface area contributed by atoms with Gasteiger partial charge in [0.05, 0.1) is 4.91 Å². The van der Waals surface area contributed by atoms with E-state index in [-0.39, 0.29) is 23.5 Å². The Morgan fingerprint density at radius 1 is 1.09 bits per heavy atom. The molecule has 0 radical (unpaired) electrons. The number of nitrogens with zero attached hydrogens (tertiary/aromatic N) is 1. The van der Waals surface area contributed by atoms with Gasteiger partial charge in [-0.3, -0.25) is 9.59 Å². The molecule has 1 aliphatic rings. The minimum absolute atomic E-state index is 0.219. The highest BCUT2D eigenvalue weighted by Gasteiger charge is 2.24. The fraction of sp³-hybridized carbons (Fsp3) is 0.0417. The van der Waals surface area contributed by atoms with E-state index >= 15 is 0 Å². The van der Waals surface area contributed by atoms with Crippen LogP contribution in [-0.4, -0.2) is 17.0 Å². The molecule has 0 atom stereocenters. The molecule has 0 spiro atoms. The normalized spacial score (nSPS) is 15.8. The third kappa shape index (κ3) is 5.63. The molecule has 0 saturated carbocycles. The zero-order chi connectivity index (χ0) is 22.5. The molecule has 5 nitrogen and oxygen atoms in total. The number of amidine groups is 1. The van der Waals surface area contributed by atoms with E-state index in [2.05, 4.69) is 10.3 Å². The number of carbonyl (C=O) groups excluding carboxylic acids is 2. The van der Waals surface area contributed by atoms with Gasteiger partial charge in [0.15, 0.2) is 5.17 Å². The molecule has 1 aliphatic heterocycles. The maximum atomic E-state index is 13.2. The van der Waals surface area contributed by atoms with E-state index in [1.54, 1.807) is 66.7 Å². The molecule has 4 rings (SSSR count). The monoisotopic (exact) mass is 466 g/mol. The second-order valence-electron chi connectivity index (χ2n) is 6.78. The van der Waals surface area contributed by atoms with Crippen LogP contribution in [0.4, 0.5) is 4.39 Å². The predicted octanol–water partition coefficient (Wildman–Crippen LogP) is 5.46. The Kier molecular flexibility index (Phi) is 6.68. The molecule has 1 fully saturated rings. The first kappa shape index (κ1) is 21.8. The molecule has 1 saturated heterocycles. The molecule has 160 valence electrons. The van der Waals surface area contributed by atoms with E-state index in [4.69, 9.17) is 16.3 Å². The summed E-state index contributed by atoms with van der Waals surface area (Å²) in [6, 6.07) is 19.7. The van der Waals surface area contributed by atoms with E-state index in [1.165, 1.54) is 12.1 Å². The number of thioether (sulfide) groups is 1. The number of amides is 2. The molecule has 0 bridgehead atoms. The van der Waals surface area contributed by atoms with E-state index < -0.39 is 5.91 Å². The summed E-state index contributed by atoms with van der Waals surface area (Å²) in [5.41, 5.74) is 1.89. The molecule has 0 unspecified atom stereocenters. The van der Waals surface area contributed by atoms with Crippen LogP contribution in [0.2, 0.25) is 5.02 Å². The van der Waals surface area contributed by atoms with Gasteiger partial charge in [0.1, 0.15) is 18.2 Å². The first-order valence-corrected chi connectivity index (χ1v) is 10.7. The molecule has 8 heteroatoms. The van der Waals surface area contributed by atoms with Crippen molar-refractivity contribution in [3.63, 3.8) is 0 Å². The van der Waals surface area contributed by atoms with Crippen LogP contribution in [0.5, 0.6) is 5.75 Å². The zero-order valence-electron chi connectivity index (χ0n) is 16.5. The Hall–Kier alpha value is -3.42. The summed E-state index contributed by atoms with van der Waals surface area (Å²) < 4.78 is 18.9. The fourth-order valence-corrected chi connectivity index (χ4v) is 3.78. The molecular weight excluding hydrogens is 451 g/mol. The van der Waals surface area contributed by atoms with Crippen LogP contribution in [0, 0.1) is 5.82 Å². The first-order valence-electron chi connectivity index (χ1n) is 9.53. The zero-order valence-corrected chi connectivity index (χ0v) is 18.1. The smallest absolute Gasteiger partial charge is 0.279 e. The van der Waals surface area contributed by atoms with Gasteiger partial charge in [-0.05, 0) is 77.5 Å². The van der Waals surface area contributed by atoms with Gasteiger partial charge in [0.2, 0.25) is 0 Å². The van der Waals surface area contributed by atoms with Gasteiger partial charge >= 0.3 is 0 Å². The van der Waals surface area contributed by atoms with Crippen LogP contribution in [0.3, 0.4) is 0 Å². The van der Waals surface area contributed by atoms with Crippen LogP contribution >= 0.6 is 23.4 Å². The van der Waals surface area contributed by atoms with Gasteiger partial charge in [-0.1, -0.05) is 35.9 Å². The quantitative estimate of drug-likeness (QED) is 0.507. The first-order chi connectivity index (χ1) is 15.5. The summed E-state index contributed by atoms with van der Waals surface area (Å²) in [5, 5.41) is 3.33. The number of benzene rings is 3. The Balaban J connectivity index is 1.39. The van der Waals surface area contributed by atoms with E-state index in [0.717, 1.165) is 22.9 Å². The van der Waals surface area contributed by atoms with Gasteiger partial charge < -0.3 is 10.1 Å². The molecule has 0 aliphatic carbocycles. The molecule has 2 amide bonds. The van der Waals surface area contributed by atoms with Crippen LogP contribution < -0.4 is 10.1 Å². The number of hydrogen-bond acceptors (Lipinski definition) is 4. The standard InChI is InChI=1S/C24H16ClFN2O3S/c25-18-8-6-17(7-9-18)22(29)27-24-28-23(30)21(32-24)13-15-4-10-20(11-5-15)31-14-16-2-1-3-19(26)12-16/h1-13H,14H2,(H,27,28,29,30)/b21-13-. The number of hydrogen-bond donors (Lipinski definition) is 1. The van der Waals surface area contributed by atoms with E-state index in [1.807, 2.05) is 0 Å². The largest absolute Gasteiger partial charge is 0.489 e. The lowest BCUT2D eigenvalue weighted by Gasteiger charge is -2.06. The van der Waals surface area contributed by atoms with Gasteiger partial charge in [-0.25, -0.2) is 4.39 Å². The summed E-state index contributed by atoms with van der Waals surface area (Å²) in [6.45, 7) is 0.248. The Labute approximate surface area is 193 Å².